The van der Waals surface area contributed by atoms with Crippen LogP contribution in [0.3, 0.4) is 0 Å². The summed E-state index contributed by atoms with van der Waals surface area (Å²) >= 11 is 0. The zero-order valence-electron chi connectivity index (χ0n) is 14.3. The quantitative estimate of drug-likeness (QED) is 0.609. The number of anilines is 1. The molecule has 1 aromatic carbocycles. The highest BCUT2D eigenvalue weighted by Crippen LogP contribution is 2.31. The highest BCUT2D eigenvalue weighted by atomic mass is 16.6. The van der Waals surface area contributed by atoms with Gasteiger partial charge < -0.3 is 4.90 Å². The first-order chi connectivity index (χ1) is 12.3. The van der Waals surface area contributed by atoms with E-state index in [0.29, 0.717) is 30.8 Å². The average Bonchev–Trinajstić information content (AvgIpc) is 2.87. The van der Waals surface area contributed by atoms with Crippen molar-refractivity contribution in [3.05, 3.63) is 55.4 Å². The van der Waals surface area contributed by atoms with Gasteiger partial charge in [-0.2, -0.15) is 5.10 Å². The summed E-state index contributed by atoms with van der Waals surface area (Å²) in [6, 6.07) is 4.44. The number of amides is 1. The Balaban J connectivity index is 1.88. The number of aryl methyl sites for hydroxylation is 2. The van der Waals surface area contributed by atoms with Gasteiger partial charge in [0, 0.05) is 24.4 Å². The van der Waals surface area contributed by atoms with E-state index in [1.165, 1.54) is 23.7 Å². The number of fused-ring (bicyclic) bond motifs is 1. The third-order valence-electron chi connectivity index (χ3n) is 4.50. The summed E-state index contributed by atoms with van der Waals surface area (Å²) < 4.78 is 1.33. The minimum atomic E-state index is -0.506. The lowest BCUT2D eigenvalue weighted by Crippen LogP contribution is -2.38. The van der Waals surface area contributed by atoms with Crippen LogP contribution in [0.4, 0.5) is 17.1 Å². The van der Waals surface area contributed by atoms with Gasteiger partial charge in [0.1, 0.15) is 17.9 Å². The van der Waals surface area contributed by atoms with Gasteiger partial charge in [0.05, 0.1) is 9.85 Å². The van der Waals surface area contributed by atoms with Crippen LogP contribution in [-0.2, 0) is 17.8 Å². The summed E-state index contributed by atoms with van der Waals surface area (Å²) in [5.74, 6) is -0.264. The number of nitrogens with zero attached hydrogens (tertiary/aromatic N) is 5. The Morgan fingerprint density at radius 3 is 2.58 bits per heavy atom. The summed E-state index contributed by atoms with van der Waals surface area (Å²) in [4.78, 5) is 35.4. The minimum absolute atomic E-state index is 0.00720. The summed E-state index contributed by atoms with van der Waals surface area (Å²) in [5, 5.41) is 26.1. The van der Waals surface area contributed by atoms with E-state index in [9.17, 15) is 25.0 Å². The maximum absolute atomic E-state index is 12.8. The van der Waals surface area contributed by atoms with Gasteiger partial charge in [-0.25, -0.2) is 0 Å². The van der Waals surface area contributed by atoms with Crippen LogP contribution in [0.25, 0.3) is 0 Å². The van der Waals surface area contributed by atoms with Gasteiger partial charge in [0.25, 0.3) is 5.69 Å². The van der Waals surface area contributed by atoms with E-state index in [4.69, 9.17) is 0 Å². The monoisotopic (exact) mass is 359 g/mol. The van der Waals surface area contributed by atoms with Crippen molar-refractivity contribution in [3.8, 4) is 0 Å². The van der Waals surface area contributed by atoms with E-state index in [1.54, 1.807) is 17.9 Å². The fourth-order valence-electron chi connectivity index (χ4n) is 3.28. The molecule has 0 bridgehead atoms. The van der Waals surface area contributed by atoms with Crippen LogP contribution in [0.5, 0.6) is 0 Å². The molecule has 0 unspecified atom stereocenters. The Morgan fingerprint density at radius 2 is 1.96 bits per heavy atom. The molecular weight excluding hydrogens is 342 g/mol. The number of hydrogen-bond acceptors (Lipinski definition) is 6. The molecule has 0 aliphatic carbocycles. The van der Waals surface area contributed by atoms with Crippen molar-refractivity contribution in [2.75, 3.05) is 11.4 Å². The van der Waals surface area contributed by atoms with Gasteiger partial charge in [-0.15, -0.1) is 0 Å². The summed E-state index contributed by atoms with van der Waals surface area (Å²) in [6.45, 7) is 3.45. The molecule has 2 heterocycles. The first-order valence-electron chi connectivity index (χ1n) is 8.05. The molecule has 0 saturated carbocycles. The van der Waals surface area contributed by atoms with E-state index >= 15 is 0 Å². The highest BCUT2D eigenvalue weighted by Gasteiger charge is 2.27. The number of non-ortho nitro benzene ring substituents is 1. The molecule has 2 aromatic rings. The number of rotatable bonds is 4. The largest absolute Gasteiger partial charge is 0.312 e. The number of aromatic nitrogens is 2. The van der Waals surface area contributed by atoms with Crippen LogP contribution in [-0.4, -0.2) is 32.1 Å². The topological polar surface area (TPSA) is 124 Å². The molecule has 0 spiro atoms. The summed E-state index contributed by atoms with van der Waals surface area (Å²) in [7, 11) is 0. The van der Waals surface area contributed by atoms with E-state index in [0.717, 1.165) is 5.56 Å². The van der Waals surface area contributed by atoms with Crippen molar-refractivity contribution in [3.63, 3.8) is 0 Å². The number of nitro groups is 2. The Bertz CT molecular complexity index is 920. The molecule has 10 nitrogen and oxygen atoms in total. The lowest BCUT2D eigenvalue weighted by molar-refractivity contribution is -0.386. The molecule has 1 aliphatic heterocycles. The van der Waals surface area contributed by atoms with Crippen molar-refractivity contribution in [1.82, 2.24) is 9.78 Å². The van der Waals surface area contributed by atoms with Crippen molar-refractivity contribution < 1.29 is 14.6 Å². The van der Waals surface area contributed by atoms with Gasteiger partial charge in [0.2, 0.25) is 5.91 Å². The van der Waals surface area contributed by atoms with Crippen LogP contribution in [0, 0.1) is 34.1 Å². The lowest BCUT2D eigenvalue weighted by Gasteiger charge is -2.29. The molecule has 3 rings (SSSR count). The first-order valence-corrected chi connectivity index (χ1v) is 8.05. The molecule has 0 atom stereocenters. The molecule has 10 heteroatoms. The van der Waals surface area contributed by atoms with Gasteiger partial charge in [-0.1, -0.05) is 0 Å². The summed E-state index contributed by atoms with van der Waals surface area (Å²) in [6.07, 6.45) is 1.35. The molecule has 1 aromatic heterocycles. The maximum atomic E-state index is 12.8. The Labute approximate surface area is 148 Å². The molecule has 0 saturated heterocycles. The number of carbonyl (C=O) groups is 1. The van der Waals surface area contributed by atoms with Crippen molar-refractivity contribution in [2.45, 2.75) is 33.2 Å². The lowest BCUT2D eigenvalue weighted by atomic mass is 10.0. The molecule has 1 aliphatic rings. The Kier molecular flexibility index (Phi) is 4.41. The van der Waals surface area contributed by atoms with Crippen molar-refractivity contribution in [2.24, 2.45) is 0 Å². The predicted molar refractivity (Wildman–Crippen MR) is 92.1 cm³/mol. The average molecular weight is 359 g/mol. The predicted octanol–water partition coefficient (Wildman–Crippen LogP) is 2.30. The molecule has 26 heavy (non-hydrogen) atoms. The Morgan fingerprint density at radius 1 is 1.23 bits per heavy atom. The normalized spacial score (nSPS) is 13.4. The zero-order chi connectivity index (χ0) is 19.0. The van der Waals surface area contributed by atoms with Crippen LogP contribution >= 0.6 is 0 Å². The number of benzene rings is 1. The first kappa shape index (κ1) is 17.5. The second-order valence-corrected chi connectivity index (χ2v) is 6.15. The number of nitro benzene ring substituents is 1. The standard InChI is InChI=1S/C16H17N5O5/c1-10-16(21(25)26)11(2)19(17-10)9-15(22)18-7-3-4-12-8-13(20(23)24)5-6-14(12)18/h5-6,8H,3-4,7,9H2,1-2H3. The van der Waals surface area contributed by atoms with Crippen molar-refractivity contribution in [1.29, 1.82) is 0 Å². The Hall–Kier alpha value is -3.30. The molecule has 136 valence electrons. The van der Waals surface area contributed by atoms with Crippen LogP contribution in [0.15, 0.2) is 18.2 Å². The van der Waals surface area contributed by atoms with E-state index in [1.807, 2.05) is 0 Å². The van der Waals surface area contributed by atoms with Gasteiger partial charge in [-0.3, -0.25) is 29.7 Å². The zero-order valence-corrected chi connectivity index (χ0v) is 14.3. The smallest absolute Gasteiger partial charge is 0.311 e. The molecule has 0 N–H and O–H groups in total. The van der Waals surface area contributed by atoms with Crippen LogP contribution in [0.1, 0.15) is 23.4 Å². The van der Waals surface area contributed by atoms with E-state index < -0.39 is 9.85 Å². The molecule has 0 fully saturated rings. The molecule has 0 radical (unpaired) electrons. The highest BCUT2D eigenvalue weighted by molar-refractivity contribution is 5.94. The van der Waals surface area contributed by atoms with Crippen LogP contribution in [0.2, 0.25) is 0 Å². The second kappa shape index (κ2) is 6.54. The van der Waals surface area contributed by atoms with E-state index in [-0.39, 0.29) is 29.5 Å². The van der Waals surface area contributed by atoms with E-state index in [2.05, 4.69) is 5.10 Å². The minimum Gasteiger partial charge on any atom is -0.311 e. The second-order valence-electron chi connectivity index (χ2n) is 6.15. The number of carbonyl (C=O) groups excluding carboxylic acids is 1. The molecular formula is C16H17N5O5. The third kappa shape index (κ3) is 3.01. The maximum Gasteiger partial charge on any atom is 0.312 e. The number of hydrogen-bond donors (Lipinski definition) is 0. The SMILES string of the molecule is Cc1nn(CC(=O)N2CCCc3cc([N+](=O)[O-])ccc32)c(C)c1[N+](=O)[O-]. The van der Waals surface area contributed by atoms with Crippen LogP contribution < -0.4 is 4.90 Å². The van der Waals surface area contributed by atoms with Crippen molar-refractivity contribution >= 4 is 23.0 Å². The van der Waals surface area contributed by atoms with Gasteiger partial charge >= 0.3 is 5.69 Å². The van der Waals surface area contributed by atoms with Gasteiger partial charge in [0.15, 0.2) is 0 Å². The fourth-order valence-corrected chi connectivity index (χ4v) is 3.28. The third-order valence-corrected chi connectivity index (χ3v) is 4.50. The fraction of sp³-hybridized carbons (Fsp3) is 0.375. The summed E-state index contributed by atoms with van der Waals surface area (Å²) in [5.41, 5.74) is 1.87. The molecule has 1 amide bonds. The van der Waals surface area contributed by atoms with Gasteiger partial charge in [-0.05, 0) is 38.3 Å².